The summed E-state index contributed by atoms with van der Waals surface area (Å²) in [7, 11) is 0. The maximum absolute atomic E-state index is 10.9. The third-order valence-corrected chi connectivity index (χ3v) is 1.60. The normalized spacial score (nSPS) is 11.8. The Morgan fingerprint density at radius 1 is 1.46 bits per heavy atom. The molecule has 0 unspecified atom stereocenters. The molecule has 0 aromatic rings. The molecule has 0 spiro atoms. The second-order valence-corrected chi connectivity index (χ2v) is 3.02. The van der Waals surface area contributed by atoms with Crippen LogP contribution in [0.25, 0.3) is 0 Å². The molecule has 0 aromatic heterocycles. The molecule has 0 amide bonds. The number of ether oxygens (including phenoxy) is 1. The van der Waals surface area contributed by atoms with E-state index < -0.39 is 0 Å². The molecule has 0 aromatic carbocycles. The van der Waals surface area contributed by atoms with Gasteiger partial charge in [0.05, 0.1) is 13.2 Å². The van der Waals surface area contributed by atoms with E-state index in [0.29, 0.717) is 6.61 Å². The van der Waals surface area contributed by atoms with E-state index in [4.69, 9.17) is 10.5 Å². The Hall–Kier alpha value is -0.670. The monoisotopic (exact) mass is 185 g/mol. The lowest BCUT2D eigenvalue weighted by atomic mass is 10.2. The molecule has 0 aliphatic carbocycles. The summed E-state index contributed by atoms with van der Waals surface area (Å²) in [6.45, 7) is 5.56. The average Bonchev–Trinajstić information content (AvgIpc) is 2.12. The van der Waals surface area contributed by atoms with Gasteiger partial charge in [0, 0.05) is 6.61 Å². The fourth-order valence-electron chi connectivity index (χ4n) is 0.885. The van der Waals surface area contributed by atoms with Crippen LogP contribution >= 0.6 is 0 Å². The van der Waals surface area contributed by atoms with Crippen molar-refractivity contribution in [3.05, 3.63) is 11.6 Å². The van der Waals surface area contributed by atoms with E-state index in [9.17, 15) is 4.79 Å². The molecule has 0 aliphatic heterocycles. The number of hydrogen-bond donors (Lipinski definition) is 1. The van der Waals surface area contributed by atoms with Crippen molar-refractivity contribution < 1.29 is 9.53 Å². The molecular weight excluding hydrogens is 166 g/mol. The van der Waals surface area contributed by atoms with Gasteiger partial charge in [-0.25, -0.2) is 0 Å². The van der Waals surface area contributed by atoms with Crippen LogP contribution in [0, 0.1) is 0 Å². The standard InChI is InChI=1S/C10H19NO2/c1-3-5-13-6-4-9(2)7-10(12)8-11/h7H,3-6,8,11H2,1-2H3/b9-7-. The van der Waals surface area contributed by atoms with Crippen molar-refractivity contribution >= 4 is 5.78 Å². The Morgan fingerprint density at radius 2 is 2.15 bits per heavy atom. The van der Waals surface area contributed by atoms with Crippen LogP contribution in [0.15, 0.2) is 11.6 Å². The Labute approximate surface area is 79.9 Å². The average molecular weight is 185 g/mol. The molecule has 0 rings (SSSR count). The van der Waals surface area contributed by atoms with Gasteiger partial charge in [0.15, 0.2) is 5.78 Å². The zero-order valence-corrected chi connectivity index (χ0v) is 8.51. The Balaban J connectivity index is 3.55. The lowest BCUT2D eigenvalue weighted by Gasteiger charge is -2.02. The topological polar surface area (TPSA) is 52.3 Å². The van der Waals surface area contributed by atoms with Gasteiger partial charge in [-0.15, -0.1) is 0 Å². The first-order valence-corrected chi connectivity index (χ1v) is 4.68. The molecule has 2 N–H and O–H groups in total. The van der Waals surface area contributed by atoms with Crippen LogP contribution < -0.4 is 5.73 Å². The molecule has 0 fully saturated rings. The summed E-state index contributed by atoms with van der Waals surface area (Å²) >= 11 is 0. The van der Waals surface area contributed by atoms with Crippen molar-refractivity contribution in [1.82, 2.24) is 0 Å². The van der Waals surface area contributed by atoms with Crippen molar-refractivity contribution in [3.8, 4) is 0 Å². The summed E-state index contributed by atoms with van der Waals surface area (Å²) in [5, 5.41) is 0. The Kier molecular flexibility index (Phi) is 7.54. The molecule has 0 saturated heterocycles. The molecule has 3 heteroatoms. The van der Waals surface area contributed by atoms with Crippen LogP contribution in [0.2, 0.25) is 0 Å². The highest BCUT2D eigenvalue weighted by Gasteiger charge is 1.95. The fourth-order valence-corrected chi connectivity index (χ4v) is 0.885. The van der Waals surface area contributed by atoms with Crippen molar-refractivity contribution in [2.75, 3.05) is 19.8 Å². The molecule has 0 bridgehead atoms. The predicted octanol–water partition coefficient (Wildman–Crippen LogP) is 1.28. The first-order valence-electron chi connectivity index (χ1n) is 4.68. The molecule has 0 saturated carbocycles. The van der Waals surface area contributed by atoms with Crippen molar-refractivity contribution in [1.29, 1.82) is 0 Å². The van der Waals surface area contributed by atoms with E-state index in [1.807, 2.05) is 6.92 Å². The fraction of sp³-hybridized carbons (Fsp3) is 0.700. The van der Waals surface area contributed by atoms with E-state index in [0.717, 1.165) is 25.0 Å². The Bertz CT molecular complexity index is 176. The third-order valence-electron chi connectivity index (χ3n) is 1.60. The summed E-state index contributed by atoms with van der Waals surface area (Å²) in [6, 6.07) is 0. The number of nitrogens with two attached hydrogens (primary N) is 1. The number of ketones is 1. The first kappa shape index (κ1) is 12.3. The first-order chi connectivity index (χ1) is 6.20. The number of rotatable bonds is 7. The minimum atomic E-state index is -0.0204. The zero-order valence-electron chi connectivity index (χ0n) is 8.51. The van der Waals surface area contributed by atoms with Gasteiger partial charge in [-0.05, 0) is 25.8 Å². The van der Waals surface area contributed by atoms with E-state index >= 15 is 0 Å². The highest BCUT2D eigenvalue weighted by molar-refractivity contribution is 5.91. The number of carbonyl (C=O) groups is 1. The van der Waals surface area contributed by atoms with Crippen LogP contribution in [0.5, 0.6) is 0 Å². The van der Waals surface area contributed by atoms with Crippen LogP contribution in [-0.4, -0.2) is 25.5 Å². The van der Waals surface area contributed by atoms with Crippen LogP contribution in [0.4, 0.5) is 0 Å². The highest BCUT2D eigenvalue weighted by Crippen LogP contribution is 2.00. The molecule has 0 atom stereocenters. The summed E-state index contributed by atoms with van der Waals surface area (Å²) in [5.74, 6) is -0.0204. The molecular formula is C10H19NO2. The second kappa shape index (κ2) is 7.95. The van der Waals surface area contributed by atoms with Gasteiger partial charge < -0.3 is 10.5 Å². The maximum Gasteiger partial charge on any atom is 0.169 e. The van der Waals surface area contributed by atoms with Gasteiger partial charge in [0.2, 0.25) is 0 Å². The van der Waals surface area contributed by atoms with E-state index in [-0.39, 0.29) is 12.3 Å². The molecule has 76 valence electrons. The van der Waals surface area contributed by atoms with Gasteiger partial charge in [-0.1, -0.05) is 12.5 Å². The summed E-state index contributed by atoms with van der Waals surface area (Å²) in [4.78, 5) is 10.9. The smallest absolute Gasteiger partial charge is 0.169 e. The van der Waals surface area contributed by atoms with Gasteiger partial charge in [0.1, 0.15) is 0 Å². The van der Waals surface area contributed by atoms with Crippen LogP contribution in [-0.2, 0) is 9.53 Å². The summed E-state index contributed by atoms with van der Waals surface area (Å²) in [6.07, 6.45) is 3.44. The lowest BCUT2D eigenvalue weighted by Crippen LogP contribution is -2.11. The largest absolute Gasteiger partial charge is 0.381 e. The SMILES string of the molecule is CCCOCC/C(C)=C\C(=O)CN. The van der Waals surface area contributed by atoms with Crippen molar-refractivity contribution in [2.24, 2.45) is 5.73 Å². The maximum atomic E-state index is 10.9. The molecule has 0 aliphatic rings. The minimum Gasteiger partial charge on any atom is -0.381 e. The quantitative estimate of drug-likeness (QED) is 0.480. The molecule has 0 heterocycles. The van der Waals surface area contributed by atoms with Crippen molar-refractivity contribution in [3.63, 3.8) is 0 Å². The van der Waals surface area contributed by atoms with E-state index in [2.05, 4.69) is 6.92 Å². The van der Waals surface area contributed by atoms with Crippen molar-refractivity contribution in [2.45, 2.75) is 26.7 Å². The van der Waals surface area contributed by atoms with Crippen LogP contribution in [0.1, 0.15) is 26.7 Å². The van der Waals surface area contributed by atoms with E-state index in [1.165, 1.54) is 0 Å². The Morgan fingerprint density at radius 3 is 2.69 bits per heavy atom. The third kappa shape index (κ3) is 7.68. The zero-order chi connectivity index (χ0) is 10.1. The molecule has 13 heavy (non-hydrogen) atoms. The van der Waals surface area contributed by atoms with Crippen LogP contribution in [0.3, 0.4) is 0 Å². The molecule has 0 radical (unpaired) electrons. The van der Waals surface area contributed by atoms with Gasteiger partial charge in [0.25, 0.3) is 0 Å². The minimum absolute atomic E-state index is 0.0204. The number of carbonyl (C=O) groups excluding carboxylic acids is 1. The van der Waals surface area contributed by atoms with E-state index in [1.54, 1.807) is 6.08 Å². The summed E-state index contributed by atoms with van der Waals surface area (Å²) in [5.41, 5.74) is 6.21. The number of hydrogen-bond acceptors (Lipinski definition) is 3. The van der Waals surface area contributed by atoms with Gasteiger partial charge >= 0.3 is 0 Å². The van der Waals surface area contributed by atoms with Gasteiger partial charge in [-0.3, -0.25) is 4.79 Å². The molecule has 3 nitrogen and oxygen atoms in total. The van der Waals surface area contributed by atoms with Gasteiger partial charge in [-0.2, -0.15) is 0 Å². The summed E-state index contributed by atoms with van der Waals surface area (Å²) < 4.78 is 5.29. The lowest BCUT2D eigenvalue weighted by molar-refractivity contribution is -0.113. The second-order valence-electron chi connectivity index (χ2n) is 3.02. The highest BCUT2D eigenvalue weighted by atomic mass is 16.5. The predicted molar refractivity (Wildman–Crippen MR) is 53.5 cm³/mol.